The van der Waals surface area contributed by atoms with Crippen molar-refractivity contribution in [3.8, 4) is 11.4 Å². The van der Waals surface area contributed by atoms with E-state index in [9.17, 15) is 0 Å². The van der Waals surface area contributed by atoms with Crippen LogP contribution in [0.25, 0.3) is 11.4 Å². The van der Waals surface area contributed by atoms with E-state index in [-0.39, 0.29) is 0 Å². The molecule has 19 heavy (non-hydrogen) atoms. The topological polar surface area (TPSA) is 66.5 Å². The van der Waals surface area contributed by atoms with Gasteiger partial charge in [0, 0.05) is 18.8 Å². The highest BCUT2D eigenvalue weighted by atomic mass is 14.9. The second-order valence-corrected chi connectivity index (χ2v) is 5.13. The Labute approximate surface area is 112 Å². The summed E-state index contributed by atoms with van der Waals surface area (Å²) in [6.45, 7) is 4.22. The van der Waals surface area contributed by atoms with Crippen LogP contribution in [0.2, 0.25) is 0 Å². The molecule has 2 aromatic rings. The third kappa shape index (κ3) is 2.81. The van der Waals surface area contributed by atoms with Crippen LogP contribution in [-0.2, 0) is 6.42 Å². The Hall–Kier alpha value is -1.75. The van der Waals surface area contributed by atoms with Gasteiger partial charge >= 0.3 is 0 Å². The van der Waals surface area contributed by atoms with Crippen molar-refractivity contribution in [2.75, 3.05) is 13.1 Å². The van der Waals surface area contributed by atoms with Gasteiger partial charge in [-0.2, -0.15) is 0 Å². The van der Waals surface area contributed by atoms with Gasteiger partial charge in [-0.05, 0) is 38.8 Å². The number of hydrogen-bond donors (Lipinski definition) is 2. The summed E-state index contributed by atoms with van der Waals surface area (Å²) >= 11 is 0. The van der Waals surface area contributed by atoms with E-state index in [1.165, 1.54) is 12.8 Å². The van der Waals surface area contributed by atoms with Gasteiger partial charge < -0.3 is 10.3 Å². The second kappa shape index (κ2) is 5.48. The molecule has 0 aromatic carbocycles. The lowest BCUT2D eigenvalue weighted by Gasteiger charge is -2.21. The summed E-state index contributed by atoms with van der Waals surface area (Å²) in [6, 6.07) is 0. The molecule has 3 heterocycles. The summed E-state index contributed by atoms with van der Waals surface area (Å²) in [7, 11) is 0. The molecule has 1 saturated heterocycles. The number of hydrogen-bond acceptors (Lipinski definition) is 4. The van der Waals surface area contributed by atoms with Crippen molar-refractivity contribution >= 4 is 0 Å². The van der Waals surface area contributed by atoms with E-state index in [1.54, 1.807) is 12.4 Å². The average Bonchev–Trinajstić information content (AvgIpc) is 2.89. The maximum absolute atomic E-state index is 4.48. The molecule has 100 valence electrons. The van der Waals surface area contributed by atoms with E-state index in [2.05, 4.69) is 25.3 Å². The minimum absolute atomic E-state index is 0.739. The molecule has 0 unspecified atom stereocenters. The summed E-state index contributed by atoms with van der Waals surface area (Å²) in [4.78, 5) is 16.5. The lowest BCUT2D eigenvalue weighted by Crippen LogP contribution is -2.28. The number of nitrogens with one attached hydrogen (secondary N) is 2. The lowest BCUT2D eigenvalue weighted by atomic mass is 9.94. The highest BCUT2D eigenvalue weighted by Gasteiger charge is 2.16. The number of aromatic nitrogens is 4. The molecule has 0 bridgehead atoms. The van der Waals surface area contributed by atoms with Gasteiger partial charge in [0.25, 0.3) is 0 Å². The first-order chi connectivity index (χ1) is 9.33. The number of H-pyrrole nitrogens is 1. The van der Waals surface area contributed by atoms with E-state index in [4.69, 9.17) is 0 Å². The number of piperidine rings is 1. The predicted octanol–water partition coefficient (Wildman–Crippen LogP) is 1.72. The van der Waals surface area contributed by atoms with Crippen molar-refractivity contribution in [3.05, 3.63) is 30.1 Å². The maximum Gasteiger partial charge on any atom is 0.109 e. The van der Waals surface area contributed by atoms with Crippen molar-refractivity contribution in [3.63, 3.8) is 0 Å². The smallest absolute Gasteiger partial charge is 0.109 e. The van der Waals surface area contributed by atoms with Gasteiger partial charge in [-0.1, -0.05) is 0 Å². The van der Waals surface area contributed by atoms with Gasteiger partial charge in [0.15, 0.2) is 0 Å². The molecule has 1 aliphatic rings. The van der Waals surface area contributed by atoms with Crippen LogP contribution in [0.5, 0.6) is 0 Å². The molecule has 1 aliphatic heterocycles. The standard InChI is InChI=1S/C14H19N5/c1-10-14(17-7-6-16-10)12-9-18-13(19-12)8-11-2-4-15-5-3-11/h6-7,9,11,15H,2-5,8H2,1H3,(H,18,19). The molecule has 0 amide bonds. The lowest BCUT2D eigenvalue weighted by molar-refractivity contribution is 0.368. The van der Waals surface area contributed by atoms with Crippen LogP contribution >= 0.6 is 0 Å². The minimum atomic E-state index is 0.739. The van der Waals surface area contributed by atoms with Crippen LogP contribution in [0.1, 0.15) is 24.4 Å². The van der Waals surface area contributed by atoms with Gasteiger partial charge in [0.2, 0.25) is 0 Å². The van der Waals surface area contributed by atoms with Gasteiger partial charge in [0.05, 0.1) is 17.6 Å². The van der Waals surface area contributed by atoms with Crippen LogP contribution in [0, 0.1) is 12.8 Å². The first kappa shape index (κ1) is 12.3. The van der Waals surface area contributed by atoms with Crippen LogP contribution in [0.3, 0.4) is 0 Å². The van der Waals surface area contributed by atoms with Crippen molar-refractivity contribution in [2.24, 2.45) is 5.92 Å². The van der Waals surface area contributed by atoms with Crippen LogP contribution < -0.4 is 5.32 Å². The summed E-state index contributed by atoms with van der Waals surface area (Å²) in [5, 5.41) is 3.39. The second-order valence-electron chi connectivity index (χ2n) is 5.13. The van der Waals surface area contributed by atoms with E-state index in [0.717, 1.165) is 48.3 Å². The number of nitrogens with zero attached hydrogens (tertiary/aromatic N) is 3. The van der Waals surface area contributed by atoms with Crippen LogP contribution in [-0.4, -0.2) is 33.0 Å². The molecule has 5 nitrogen and oxygen atoms in total. The first-order valence-corrected chi connectivity index (χ1v) is 6.85. The fraction of sp³-hybridized carbons (Fsp3) is 0.500. The minimum Gasteiger partial charge on any atom is -0.341 e. The number of aromatic amines is 1. The Balaban J connectivity index is 1.74. The van der Waals surface area contributed by atoms with Crippen molar-refractivity contribution in [1.82, 2.24) is 25.3 Å². The van der Waals surface area contributed by atoms with Gasteiger partial charge in [0.1, 0.15) is 11.5 Å². The zero-order valence-corrected chi connectivity index (χ0v) is 11.2. The SMILES string of the molecule is Cc1nccnc1-c1cnc(CC2CCNCC2)[nH]1. The van der Waals surface area contributed by atoms with E-state index < -0.39 is 0 Å². The van der Waals surface area contributed by atoms with Gasteiger partial charge in [-0.3, -0.25) is 9.97 Å². The molecule has 1 fully saturated rings. The van der Waals surface area contributed by atoms with Crippen LogP contribution in [0.4, 0.5) is 0 Å². The molecular weight excluding hydrogens is 238 g/mol. The fourth-order valence-electron chi connectivity index (χ4n) is 2.62. The molecule has 0 atom stereocenters. The molecule has 0 aliphatic carbocycles. The number of aryl methyl sites for hydroxylation is 1. The normalized spacial score (nSPS) is 16.7. The van der Waals surface area contributed by atoms with E-state index >= 15 is 0 Å². The van der Waals surface area contributed by atoms with Crippen molar-refractivity contribution < 1.29 is 0 Å². The maximum atomic E-state index is 4.48. The Morgan fingerprint density at radius 1 is 1.16 bits per heavy atom. The van der Waals surface area contributed by atoms with E-state index in [0.29, 0.717) is 0 Å². The number of rotatable bonds is 3. The summed E-state index contributed by atoms with van der Waals surface area (Å²) in [5.41, 5.74) is 2.79. The summed E-state index contributed by atoms with van der Waals surface area (Å²) in [5.74, 6) is 1.80. The Bertz CT molecular complexity index is 542. The Morgan fingerprint density at radius 2 is 1.95 bits per heavy atom. The third-order valence-electron chi connectivity index (χ3n) is 3.71. The summed E-state index contributed by atoms with van der Waals surface area (Å²) in [6.07, 6.45) is 8.80. The third-order valence-corrected chi connectivity index (χ3v) is 3.71. The Kier molecular flexibility index (Phi) is 3.55. The molecule has 5 heteroatoms. The monoisotopic (exact) mass is 257 g/mol. The van der Waals surface area contributed by atoms with Gasteiger partial charge in [-0.25, -0.2) is 4.98 Å². The van der Waals surface area contributed by atoms with Gasteiger partial charge in [-0.15, -0.1) is 0 Å². The largest absolute Gasteiger partial charge is 0.341 e. The van der Waals surface area contributed by atoms with Crippen LogP contribution in [0.15, 0.2) is 18.6 Å². The van der Waals surface area contributed by atoms with Crippen molar-refractivity contribution in [2.45, 2.75) is 26.2 Å². The molecule has 3 rings (SSSR count). The molecule has 0 radical (unpaired) electrons. The quantitative estimate of drug-likeness (QED) is 0.878. The molecule has 2 N–H and O–H groups in total. The molecule has 0 saturated carbocycles. The highest BCUT2D eigenvalue weighted by Crippen LogP contribution is 2.20. The summed E-state index contributed by atoms with van der Waals surface area (Å²) < 4.78 is 0. The van der Waals surface area contributed by atoms with E-state index in [1.807, 2.05) is 13.1 Å². The Morgan fingerprint density at radius 3 is 2.74 bits per heavy atom. The molecular formula is C14H19N5. The highest BCUT2D eigenvalue weighted by molar-refractivity contribution is 5.55. The zero-order valence-electron chi connectivity index (χ0n) is 11.2. The number of imidazole rings is 1. The average molecular weight is 257 g/mol. The molecule has 2 aromatic heterocycles. The fourth-order valence-corrected chi connectivity index (χ4v) is 2.62. The predicted molar refractivity (Wildman–Crippen MR) is 73.6 cm³/mol. The first-order valence-electron chi connectivity index (χ1n) is 6.85. The molecule has 0 spiro atoms. The zero-order chi connectivity index (χ0) is 13.1. The van der Waals surface area contributed by atoms with Crippen molar-refractivity contribution in [1.29, 1.82) is 0 Å².